The van der Waals surface area contributed by atoms with Gasteiger partial charge in [0.15, 0.2) is 0 Å². The average Bonchev–Trinajstić information content (AvgIpc) is 3.04. The molecule has 182 valence electrons. The molecule has 3 fully saturated rings. The second-order valence-electron chi connectivity index (χ2n) is 10.0. The lowest BCUT2D eigenvalue weighted by atomic mass is 9.81. The van der Waals surface area contributed by atoms with Crippen molar-refractivity contribution in [2.24, 2.45) is 16.8 Å². The van der Waals surface area contributed by atoms with Crippen LogP contribution in [0.3, 0.4) is 0 Å². The van der Waals surface area contributed by atoms with Gasteiger partial charge < -0.3 is 4.90 Å². The summed E-state index contributed by atoms with van der Waals surface area (Å²) in [5, 5.41) is 0. The summed E-state index contributed by atoms with van der Waals surface area (Å²) >= 11 is 1.79. The Balaban J connectivity index is 1.07. The molecule has 0 N–H and O–H groups in total. The van der Waals surface area contributed by atoms with Crippen molar-refractivity contribution in [2.45, 2.75) is 41.9 Å². The van der Waals surface area contributed by atoms with Gasteiger partial charge in [0.05, 0.1) is 17.5 Å². The number of nitrogens with zero attached hydrogens (tertiary/aromatic N) is 4. The van der Waals surface area contributed by atoms with Crippen molar-refractivity contribution in [3.05, 3.63) is 54.1 Å². The van der Waals surface area contributed by atoms with Gasteiger partial charge in [-0.3, -0.25) is 19.4 Å². The number of carbonyl (C=O) groups excluding carboxylic acids is 2. The highest BCUT2D eigenvalue weighted by Gasteiger charge is 2.47. The van der Waals surface area contributed by atoms with Gasteiger partial charge in [-0.05, 0) is 44.0 Å². The van der Waals surface area contributed by atoms with Crippen molar-refractivity contribution in [2.75, 3.05) is 39.3 Å². The lowest BCUT2D eigenvalue weighted by molar-refractivity contribution is -0.140. The quantitative estimate of drug-likeness (QED) is 0.597. The molecular weight excluding hydrogens is 456 g/mol. The lowest BCUT2D eigenvalue weighted by Gasteiger charge is -2.37. The molecule has 35 heavy (non-hydrogen) atoms. The van der Waals surface area contributed by atoms with Crippen molar-refractivity contribution in [3.63, 3.8) is 0 Å². The first-order valence-corrected chi connectivity index (χ1v) is 13.8. The third kappa shape index (κ3) is 4.40. The third-order valence-electron chi connectivity index (χ3n) is 7.90. The molecule has 3 heterocycles. The van der Waals surface area contributed by atoms with E-state index < -0.39 is 0 Å². The van der Waals surface area contributed by atoms with E-state index >= 15 is 0 Å². The summed E-state index contributed by atoms with van der Waals surface area (Å²) in [5.74, 6) is 1.17. The van der Waals surface area contributed by atoms with Crippen molar-refractivity contribution in [1.29, 1.82) is 0 Å². The monoisotopic (exact) mass is 488 g/mol. The molecule has 2 saturated heterocycles. The normalized spacial score (nSPS) is 24.5. The highest BCUT2D eigenvalue weighted by atomic mass is 32.2. The smallest absolute Gasteiger partial charge is 0.233 e. The predicted octanol–water partition coefficient (Wildman–Crippen LogP) is 4.41. The Labute approximate surface area is 211 Å². The maximum absolute atomic E-state index is 12.7. The summed E-state index contributed by atoms with van der Waals surface area (Å²) in [7, 11) is 0. The van der Waals surface area contributed by atoms with Crippen molar-refractivity contribution >= 4 is 35.1 Å². The SMILES string of the molecule is O=C1C2CCCCC2C(=O)N1CCCN1CCN(C2=Nc3ccccc3Sc3ccccc32)CC1. The van der Waals surface area contributed by atoms with Gasteiger partial charge in [0, 0.05) is 48.1 Å². The molecule has 0 bridgehead atoms. The summed E-state index contributed by atoms with van der Waals surface area (Å²) in [6.45, 7) is 5.25. The lowest BCUT2D eigenvalue weighted by Crippen LogP contribution is -2.49. The molecule has 2 amide bonds. The molecule has 4 aliphatic rings. The fourth-order valence-electron chi connectivity index (χ4n) is 6.00. The van der Waals surface area contributed by atoms with Crippen LogP contribution in [-0.4, -0.2) is 71.6 Å². The second kappa shape index (κ2) is 9.78. The first-order valence-electron chi connectivity index (χ1n) is 13.0. The highest BCUT2D eigenvalue weighted by molar-refractivity contribution is 7.99. The number of likely N-dealkylation sites (tertiary alicyclic amines) is 1. The number of amides is 2. The third-order valence-corrected chi connectivity index (χ3v) is 9.04. The summed E-state index contributed by atoms with van der Waals surface area (Å²) in [6.07, 6.45) is 4.80. The zero-order valence-electron chi connectivity index (χ0n) is 20.1. The van der Waals surface area contributed by atoms with E-state index in [1.54, 1.807) is 16.7 Å². The minimum Gasteiger partial charge on any atom is -0.354 e. The van der Waals surface area contributed by atoms with Crippen LogP contribution < -0.4 is 0 Å². The molecule has 1 aliphatic carbocycles. The van der Waals surface area contributed by atoms with Gasteiger partial charge in [-0.15, -0.1) is 0 Å². The van der Waals surface area contributed by atoms with Crippen molar-refractivity contribution in [1.82, 2.24) is 14.7 Å². The van der Waals surface area contributed by atoms with E-state index in [2.05, 4.69) is 58.3 Å². The van der Waals surface area contributed by atoms with E-state index in [0.29, 0.717) is 6.54 Å². The molecule has 2 unspecified atom stereocenters. The predicted molar refractivity (Wildman–Crippen MR) is 138 cm³/mol. The standard InChI is InChI=1S/C28H32N4O2S/c33-27-20-8-1-2-9-21(20)28(34)32(27)15-7-14-30-16-18-31(19-17-30)26-22-10-3-5-12-24(22)35-25-13-6-4-11-23(25)29-26/h3-6,10-13,20-21H,1-2,7-9,14-19H2. The van der Waals surface area contributed by atoms with Crippen LogP contribution in [0, 0.1) is 11.8 Å². The molecule has 2 aromatic carbocycles. The van der Waals surface area contributed by atoms with E-state index in [1.807, 2.05) is 0 Å². The Kier molecular flexibility index (Phi) is 6.37. The maximum atomic E-state index is 12.7. The van der Waals surface area contributed by atoms with Gasteiger partial charge in [-0.1, -0.05) is 54.9 Å². The van der Waals surface area contributed by atoms with E-state index in [0.717, 1.165) is 76.4 Å². The number of para-hydroxylation sites is 1. The minimum atomic E-state index is -0.0358. The molecule has 7 heteroatoms. The average molecular weight is 489 g/mol. The topological polar surface area (TPSA) is 56.2 Å². The summed E-state index contributed by atoms with van der Waals surface area (Å²) in [6, 6.07) is 16.9. The van der Waals surface area contributed by atoms with E-state index in [4.69, 9.17) is 4.99 Å². The van der Waals surface area contributed by atoms with Gasteiger partial charge in [0.2, 0.25) is 11.8 Å². The van der Waals surface area contributed by atoms with Gasteiger partial charge in [0.25, 0.3) is 0 Å². The number of benzene rings is 2. The molecule has 1 saturated carbocycles. The summed E-state index contributed by atoms with van der Waals surface area (Å²) in [4.78, 5) is 39.5. The number of imide groups is 1. The number of piperazine rings is 1. The second-order valence-corrected chi connectivity index (χ2v) is 11.1. The molecule has 6 nitrogen and oxygen atoms in total. The minimum absolute atomic E-state index is 0.0358. The van der Waals surface area contributed by atoms with E-state index in [9.17, 15) is 9.59 Å². The highest BCUT2D eigenvalue weighted by Crippen LogP contribution is 2.41. The van der Waals surface area contributed by atoms with Gasteiger partial charge in [-0.25, -0.2) is 4.99 Å². The van der Waals surface area contributed by atoms with Crippen LogP contribution in [0.1, 0.15) is 37.7 Å². The van der Waals surface area contributed by atoms with Crippen LogP contribution in [0.25, 0.3) is 0 Å². The zero-order valence-corrected chi connectivity index (χ0v) is 20.9. The number of fused-ring (bicyclic) bond motifs is 3. The molecule has 3 aliphatic heterocycles. The first kappa shape index (κ1) is 22.8. The van der Waals surface area contributed by atoms with Crippen LogP contribution in [-0.2, 0) is 9.59 Å². The van der Waals surface area contributed by atoms with Crippen LogP contribution in [0.4, 0.5) is 5.69 Å². The molecule has 2 atom stereocenters. The summed E-state index contributed by atoms with van der Waals surface area (Å²) in [5.41, 5.74) is 2.24. The fourth-order valence-corrected chi connectivity index (χ4v) is 7.01. The van der Waals surface area contributed by atoms with E-state index in [-0.39, 0.29) is 23.7 Å². The molecule has 0 aromatic heterocycles. The maximum Gasteiger partial charge on any atom is 0.233 e. The Hall–Kier alpha value is -2.64. The Morgan fingerprint density at radius 2 is 1.46 bits per heavy atom. The fraction of sp³-hybridized carbons (Fsp3) is 0.464. The molecule has 6 rings (SSSR count). The number of carbonyl (C=O) groups is 2. The number of hydrogen-bond acceptors (Lipinski definition) is 6. The molecule has 0 spiro atoms. The number of rotatable bonds is 4. The Morgan fingerprint density at radius 1 is 0.800 bits per heavy atom. The Morgan fingerprint density at radius 3 is 2.20 bits per heavy atom. The largest absolute Gasteiger partial charge is 0.354 e. The van der Waals surface area contributed by atoms with Gasteiger partial charge in [-0.2, -0.15) is 0 Å². The van der Waals surface area contributed by atoms with Gasteiger partial charge in [0.1, 0.15) is 5.84 Å². The van der Waals surface area contributed by atoms with Crippen molar-refractivity contribution in [3.8, 4) is 0 Å². The molecule has 2 aromatic rings. The van der Waals surface area contributed by atoms with Crippen LogP contribution in [0.5, 0.6) is 0 Å². The van der Waals surface area contributed by atoms with Crippen LogP contribution in [0.15, 0.2) is 63.3 Å². The van der Waals surface area contributed by atoms with Crippen LogP contribution >= 0.6 is 11.8 Å². The van der Waals surface area contributed by atoms with Crippen LogP contribution in [0.2, 0.25) is 0 Å². The van der Waals surface area contributed by atoms with E-state index in [1.165, 1.54) is 15.4 Å². The van der Waals surface area contributed by atoms with Gasteiger partial charge >= 0.3 is 0 Å². The molecule has 0 radical (unpaired) electrons. The summed E-state index contributed by atoms with van der Waals surface area (Å²) < 4.78 is 0. The Bertz CT molecular complexity index is 1130. The first-order chi connectivity index (χ1) is 17.2. The van der Waals surface area contributed by atoms with Crippen molar-refractivity contribution < 1.29 is 9.59 Å². The number of aliphatic imine (C=N–C) groups is 1. The number of amidine groups is 1. The number of hydrogen-bond donors (Lipinski definition) is 0. The molecular formula is C28H32N4O2S. The zero-order chi connectivity index (χ0) is 23.8.